The highest BCUT2D eigenvalue weighted by Crippen LogP contribution is 2.39. The van der Waals surface area contributed by atoms with Crippen LogP contribution in [0.25, 0.3) is 33.1 Å². The molecule has 0 aliphatic heterocycles. The van der Waals surface area contributed by atoms with Crippen LogP contribution in [0, 0.1) is 6.92 Å². The number of nitrogens with two attached hydrogens (primary N) is 2. The zero-order valence-electron chi connectivity index (χ0n) is 23.0. The van der Waals surface area contributed by atoms with Crippen LogP contribution < -0.4 is 22.1 Å². The number of nitrogens with zero attached hydrogens (tertiary/aromatic N) is 3. The zero-order valence-corrected chi connectivity index (χ0v) is 23.7. The van der Waals surface area contributed by atoms with E-state index in [2.05, 4.69) is 21.7 Å². The number of nitrogens with one attached hydrogen (secondary N) is 2. The molecule has 12 heteroatoms. The molecule has 3 aromatic carbocycles. The molecule has 0 saturated carbocycles. The van der Waals surface area contributed by atoms with Gasteiger partial charge in [-0.2, -0.15) is 13.2 Å². The number of benzene rings is 3. The van der Waals surface area contributed by atoms with E-state index in [4.69, 9.17) is 28.1 Å². The zero-order chi connectivity index (χ0) is 30.5. The minimum atomic E-state index is -4.58. The lowest BCUT2D eigenvalue weighted by Gasteiger charge is -2.20. The lowest BCUT2D eigenvalue weighted by molar-refractivity contribution is -0.137. The largest absolute Gasteiger partial charge is 0.416 e. The third-order valence-corrected chi connectivity index (χ3v) is 7.93. The molecule has 1 aliphatic carbocycles. The van der Waals surface area contributed by atoms with E-state index in [1.54, 1.807) is 12.3 Å². The molecule has 0 saturated heterocycles. The summed E-state index contributed by atoms with van der Waals surface area (Å²) in [6.07, 6.45) is 1.82. The van der Waals surface area contributed by atoms with E-state index < -0.39 is 17.8 Å². The van der Waals surface area contributed by atoms with Crippen LogP contribution in [0.3, 0.4) is 0 Å². The van der Waals surface area contributed by atoms with Crippen molar-refractivity contribution in [1.29, 1.82) is 0 Å². The molecule has 1 atom stereocenters. The van der Waals surface area contributed by atoms with E-state index in [1.807, 2.05) is 41.7 Å². The van der Waals surface area contributed by atoms with Gasteiger partial charge in [0.1, 0.15) is 22.9 Å². The number of fused-ring (bicyclic) bond motifs is 2. The Morgan fingerprint density at radius 1 is 1.07 bits per heavy atom. The molecule has 0 fully saturated rings. The molecule has 5 aromatic rings. The number of nitrogen functional groups attached to an aromatic ring is 1. The maximum atomic E-state index is 13.2. The number of aromatic nitrogens is 3. The number of alkyl halides is 3. The predicted octanol–water partition coefficient (Wildman–Crippen LogP) is 7.65. The van der Waals surface area contributed by atoms with Crippen molar-refractivity contribution in [2.45, 2.75) is 38.4 Å². The number of urea groups is 1. The number of anilines is 3. The van der Waals surface area contributed by atoms with Crippen LogP contribution >= 0.6 is 11.6 Å². The van der Waals surface area contributed by atoms with Gasteiger partial charge in [0.25, 0.3) is 0 Å². The molecule has 2 aromatic heterocycles. The minimum absolute atomic E-state index is 0.0252. The van der Waals surface area contributed by atoms with Gasteiger partial charge in [-0.1, -0.05) is 48.0 Å². The topological polar surface area (TPSA) is 123 Å². The van der Waals surface area contributed by atoms with E-state index in [1.165, 1.54) is 0 Å². The first kappa shape index (κ1) is 28.5. The van der Waals surface area contributed by atoms with Gasteiger partial charge in [0.2, 0.25) is 0 Å². The van der Waals surface area contributed by atoms with Crippen LogP contribution in [-0.2, 0) is 6.18 Å². The highest BCUT2D eigenvalue weighted by atomic mass is 35.5. The number of imidazole rings is 1. The number of hydrogen-bond acceptors (Lipinski definition) is 5. The quantitative estimate of drug-likeness (QED) is 0.167. The summed E-state index contributed by atoms with van der Waals surface area (Å²) in [5.74, 6) is 1.07. The van der Waals surface area contributed by atoms with Crippen molar-refractivity contribution in [1.82, 2.24) is 14.4 Å². The Labute approximate surface area is 249 Å². The van der Waals surface area contributed by atoms with Gasteiger partial charge >= 0.3 is 12.2 Å². The molecular weight excluding hydrogens is 579 g/mol. The van der Waals surface area contributed by atoms with E-state index in [0.29, 0.717) is 28.1 Å². The summed E-state index contributed by atoms with van der Waals surface area (Å²) < 4.78 is 41.6. The molecule has 2 amide bonds. The summed E-state index contributed by atoms with van der Waals surface area (Å²) in [6, 6.07) is 13.1. The van der Waals surface area contributed by atoms with Gasteiger partial charge in [-0.25, -0.2) is 14.8 Å². The molecule has 6 rings (SSSR count). The summed E-state index contributed by atoms with van der Waals surface area (Å²) in [4.78, 5) is 22.3. The Bertz CT molecular complexity index is 1930. The number of amides is 2. The predicted molar refractivity (Wildman–Crippen MR) is 164 cm³/mol. The smallest absolute Gasteiger partial charge is 0.382 e. The molecule has 220 valence electrons. The van der Waals surface area contributed by atoms with Gasteiger partial charge in [0.05, 0.1) is 33.9 Å². The van der Waals surface area contributed by atoms with Crippen LogP contribution in [0.2, 0.25) is 5.02 Å². The van der Waals surface area contributed by atoms with Crippen LogP contribution in [0.5, 0.6) is 0 Å². The molecule has 2 heterocycles. The van der Waals surface area contributed by atoms with Gasteiger partial charge in [0.15, 0.2) is 0 Å². The fourth-order valence-corrected chi connectivity index (χ4v) is 5.67. The van der Waals surface area contributed by atoms with Crippen molar-refractivity contribution < 1.29 is 18.0 Å². The molecule has 6 N–H and O–H groups in total. The Kier molecular flexibility index (Phi) is 7.23. The summed E-state index contributed by atoms with van der Waals surface area (Å²) in [5, 5.41) is 6.61. The third-order valence-electron chi connectivity index (χ3n) is 7.60. The number of hydrogen-bond donors (Lipinski definition) is 4. The van der Waals surface area contributed by atoms with E-state index >= 15 is 0 Å². The van der Waals surface area contributed by atoms with E-state index in [0.717, 1.165) is 65.5 Å². The van der Waals surface area contributed by atoms with Crippen molar-refractivity contribution in [3.63, 3.8) is 0 Å². The molecule has 0 radical (unpaired) electrons. The first-order valence-electron chi connectivity index (χ1n) is 13.6. The second-order valence-electron chi connectivity index (χ2n) is 10.5. The second-order valence-corrected chi connectivity index (χ2v) is 10.9. The normalized spacial score (nSPS) is 15.5. The van der Waals surface area contributed by atoms with Gasteiger partial charge in [-0.15, -0.1) is 0 Å². The number of carbonyl (C=O) groups is 1. The first-order valence-corrected chi connectivity index (χ1v) is 13.9. The Hall–Kier alpha value is -4.61. The Balaban J connectivity index is 1.38. The molecule has 1 unspecified atom stereocenters. The monoisotopic (exact) mass is 605 g/mol. The Morgan fingerprint density at radius 2 is 1.81 bits per heavy atom. The van der Waals surface area contributed by atoms with Crippen LogP contribution in [-0.4, -0.2) is 26.4 Å². The summed E-state index contributed by atoms with van der Waals surface area (Å²) in [6.45, 7) is 1.91. The maximum absolute atomic E-state index is 13.2. The van der Waals surface area contributed by atoms with Crippen molar-refractivity contribution in [2.75, 3.05) is 16.4 Å². The van der Waals surface area contributed by atoms with Crippen molar-refractivity contribution in [3.8, 4) is 11.3 Å². The maximum Gasteiger partial charge on any atom is 0.416 e. The lowest BCUT2D eigenvalue weighted by atomic mass is 9.94. The number of carbonyl (C=O) groups excluding carboxylic acids is 1. The van der Waals surface area contributed by atoms with Crippen molar-refractivity contribution in [3.05, 3.63) is 89.0 Å². The molecule has 0 spiro atoms. The standard InChI is InChI=1S/C31H27ClF3N7O/c1-16-39-27(28-29(37)38-15-26(42(16)28)17-6-9-19(36)10-7-17)22-11-13-24(21-5-3-2-4-20(21)22)40-30(43)41-25-14-18(31(33,34)35)8-12-23(25)32/h2-6,8,11-15,19H,7,9-10,36H2,1H3,(H2,37,38)(H2,40,41,43). The molecule has 43 heavy (non-hydrogen) atoms. The van der Waals surface area contributed by atoms with E-state index in [9.17, 15) is 18.0 Å². The van der Waals surface area contributed by atoms with Gasteiger partial charge in [-0.3, -0.25) is 4.40 Å². The fourth-order valence-electron chi connectivity index (χ4n) is 5.50. The average molecular weight is 606 g/mol. The van der Waals surface area contributed by atoms with Crippen LogP contribution in [0.4, 0.5) is 35.2 Å². The van der Waals surface area contributed by atoms with Crippen LogP contribution in [0.1, 0.15) is 36.3 Å². The van der Waals surface area contributed by atoms with Gasteiger partial charge in [-0.05, 0) is 61.4 Å². The van der Waals surface area contributed by atoms with Gasteiger partial charge in [0, 0.05) is 17.0 Å². The number of allylic oxidation sites excluding steroid dienone is 1. The molecular formula is C31H27ClF3N7O. The summed E-state index contributed by atoms with van der Waals surface area (Å²) >= 11 is 6.06. The lowest BCUT2D eigenvalue weighted by Crippen LogP contribution is -2.21. The van der Waals surface area contributed by atoms with Crippen LogP contribution in [0.15, 0.2) is 66.9 Å². The average Bonchev–Trinajstić information content (AvgIpc) is 3.32. The number of halogens is 4. The SMILES string of the molecule is Cc1nc(-c2ccc(NC(=O)Nc3cc(C(F)(F)F)ccc3Cl)c3ccccc23)c2c(N)ncc(C3=CCC(N)CC3)n12. The molecule has 8 nitrogen and oxygen atoms in total. The van der Waals surface area contributed by atoms with Gasteiger partial charge < -0.3 is 22.1 Å². The highest BCUT2D eigenvalue weighted by molar-refractivity contribution is 6.33. The Morgan fingerprint density at radius 3 is 2.53 bits per heavy atom. The molecule has 0 bridgehead atoms. The second kappa shape index (κ2) is 10.9. The highest BCUT2D eigenvalue weighted by Gasteiger charge is 2.31. The molecule has 1 aliphatic rings. The first-order chi connectivity index (χ1) is 20.5. The number of aryl methyl sites for hydroxylation is 1. The fraction of sp³-hybridized carbons (Fsp3) is 0.194. The van der Waals surface area contributed by atoms with Crippen molar-refractivity contribution in [2.24, 2.45) is 5.73 Å². The summed E-state index contributed by atoms with van der Waals surface area (Å²) in [5.41, 5.74) is 16.0. The number of rotatable bonds is 4. The summed E-state index contributed by atoms with van der Waals surface area (Å²) in [7, 11) is 0. The third kappa shape index (κ3) is 5.37. The van der Waals surface area contributed by atoms with E-state index in [-0.39, 0.29) is 16.8 Å². The van der Waals surface area contributed by atoms with Crippen molar-refractivity contribution >= 4 is 56.7 Å². The minimum Gasteiger partial charge on any atom is -0.382 e.